The zero-order valence-electron chi connectivity index (χ0n) is 31.4. The van der Waals surface area contributed by atoms with Gasteiger partial charge in [-0.2, -0.15) is 0 Å². The number of rotatable bonds is 4. The standard InChI is InChI=1S/C55H36N2/c1-35-14-12-17-37(32-35)54-46-30-28-39(57-52-26-10-6-21-43(52)44-22-7-11-27-53(44)57)34-49(46)55(45-23-13-16-36-15-2-3-18-40(36)45)47-31-29-38(33-48(47)54)56-50-24-8-4-19-41(50)42-20-5-9-25-51(42)56/h2-34H,1H3. The van der Waals surface area contributed by atoms with Gasteiger partial charge in [0.2, 0.25) is 0 Å². The predicted octanol–water partition coefficient (Wildman–Crippen LogP) is 15.0. The van der Waals surface area contributed by atoms with Crippen LogP contribution in [0.25, 0.3) is 110 Å². The van der Waals surface area contributed by atoms with Crippen LogP contribution >= 0.6 is 0 Å². The van der Waals surface area contributed by atoms with E-state index in [1.54, 1.807) is 0 Å². The Balaban J connectivity index is 1.26. The van der Waals surface area contributed by atoms with Crippen LogP contribution in [0.3, 0.4) is 0 Å². The van der Waals surface area contributed by atoms with Gasteiger partial charge in [-0.25, -0.2) is 0 Å². The van der Waals surface area contributed by atoms with Crippen molar-refractivity contribution in [3.63, 3.8) is 0 Å². The molecule has 2 heteroatoms. The highest BCUT2D eigenvalue weighted by molar-refractivity contribution is 6.24. The number of nitrogens with zero attached hydrogens (tertiary/aromatic N) is 2. The Labute approximate surface area is 330 Å². The number of aryl methyl sites for hydroxylation is 1. The Morgan fingerprint density at radius 2 is 0.737 bits per heavy atom. The third kappa shape index (κ3) is 4.71. The van der Waals surface area contributed by atoms with Crippen molar-refractivity contribution < 1.29 is 0 Å². The van der Waals surface area contributed by atoms with E-state index >= 15 is 0 Å². The average Bonchev–Trinajstić information content (AvgIpc) is 3.78. The van der Waals surface area contributed by atoms with E-state index in [2.05, 4.69) is 216 Å². The number of aromatic nitrogens is 2. The molecule has 0 saturated carbocycles. The van der Waals surface area contributed by atoms with Crippen molar-refractivity contribution in [2.24, 2.45) is 0 Å². The number of hydrogen-bond donors (Lipinski definition) is 0. The van der Waals surface area contributed by atoms with Crippen LogP contribution in [-0.4, -0.2) is 9.13 Å². The van der Waals surface area contributed by atoms with Crippen molar-refractivity contribution in [1.82, 2.24) is 9.13 Å². The Kier molecular flexibility index (Phi) is 6.88. The van der Waals surface area contributed by atoms with Crippen LogP contribution in [0.5, 0.6) is 0 Å². The second kappa shape index (κ2) is 12.3. The van der Waals surface area contributed by atoms with E-state index in [0.29, 0.717) is 0 Å². The lowest BCUT2D eigenvalue weighted by molar-refractivity contribution is 1.18. The van der Waals surface area contributed by atoms with Crippen LogP contribution in [0.4, 0.5) is 0 Å². The van der Waals surface area contributed by atoms with Gasteiger partial charge in [-0.1, -0.05) is 157 Å². The molecule has 0 aliphatic heterocycles. The molecule has 0 atom stereocenters. The molecule has 0 bridgehead atoms. The van der Waals surface area contributed by atoms with E-state index in [1.165, 1.54) is 104 Å². The van der Waals surface area contributed by atoms with Crippen LogP contribution in [0, 0.1) is 6.92 Å². The smallest absolute Gasteiger partial charge is 0.0541 e. The highest BCUT2D eigenvalue weighted by Gasteiger charge is 2.22. The molecule has 0 aliphatic carbocycles. The predicted molar refractivity (Wildman–Crippen MR) is 243 cm³/mol. The molecule has 10 aromatic carbocycles. The molecule has 12 aromatic rings. The van der Waals surface area contributed by atoms with Gasteiger partial charge in [0.25, 0.3) is 0 Å². The molecule has 0 spiro atoms. The van der Waals surface area contributed by atoms with Crippen LogP contribution in [0.2, 0.25) is 0 Å². The van der Waals surface area contributed by atoms with Crippen molar-refractivity contribution in [3.8, 4) is 33.6 Å². The zero-order chi connectivity index (χ0) is 37.6. The van der Waals surface area contributed by atoms with Gasteiger partial charge in [-0.15, -0.1) is 0 Å². The third-order valence-corrected chi connectivity index (χ3v) is 12.1. The minimum Gasteiger partial charge on any atom is -0.309 e. The monoisotopic (exact) mass is 724 g/mol. The van der Waals surface area contributed by atoms with Crippen molar-refractivity contribution >= 4 is 75.9 Å². The summed E-state index contributed by atoms with van der Waals surface area (Å²) in [6.45, 7) is 2.20. The van der Waals surface area contributed by atoms with E-state index < -0.39 is 0 Å². The van der Waals surface area contributed by atoms with Gasteiger partial charge in [0.05, 0.1) is 22.1 Å². The summed E-state index contributed by atoms with van der Waals surface area (Å²) in [4.78, 5) is 0. The highest BCUT2D eigenvalue weighted by Crippen LogP contribution is 2.47. The van der Waals surface area contributed by atoms with Gasteiger partial charge in [-0.05, 0) is 110 Å². The number of fused-ring (bicyclic) bond motifs is 9. The Morgan fingerprint density at radius 1 is 0.298 bits per heavy atom. The van der Waals surface area contributed by atoms with Crippen LogP contribution in [0.1, 0.15) is 5.56 Å². The van der Waals surface area contributed by atoms with Gasteiger partial charge in [0.15, 0.2) is 0 Å². The first-order valence-corrected chi connectivity index (χ1v) is 19.8. The summed E-state index contributed by atoms with van der Waals surface area (Å²) in [7, 11) is 0. The molecule has 0 radical (unpaired) electrons. The number of hydrogen-bond acceptors (Lipinski definition) is 0. The fourth-order valence-electron chi connectivity index (χ4n) is 9.73. The quantitative estimate of drug-likeness (QED) is 0.160. The molecule has 0 N–H and O–H groups in total. The first kappa shape index (κ1) is 31.9. The lowest BCUT2D eigenvalue weighted by Gasteiger charge is -2.21. The topological polar surface area (TPSA) is 9.86 Å². The van der Waals surface area contributed by atoms with Gasteiger partial charge in [0, 0.05) is 32.9 Å². The second-order valence-corrected chi connectivity index (χ2v) is 15.3. The molecule has 2 nitrogen and oxygen atoms in total. The summed E-state index contributed by atoms with van der Waals surface area (Å²) < 4.78 is 4.89. The molecular weight excluding hydrogens is 689 g/mol. The summed E-state index contributed by atoms with van der Waals surface area (Å²) in [6.07, 6.45) is 0. The van der Waals surface area contributed by atoms with E-state index in [1.807, 2.05) is 0 Å². The molecule has 2 heterocycles. The Morgan fingerprint density at radius 3 is 1.28 bits per heavy atom. The summed E-state index contributed by atoms with van der Waals surface area (Å²) >= 11 is 0. The second-order valence-electron chi connectivity index (χ2n) is 15.3. The maximum atomic E-state index is 2.45. The van der Waals surface area contributed by atoms with Crippen LogP contribution in [-0.2, 0) is 0 Å². The highest BCUT2D eigenvalue weighted by atomic mass is 15.0. The van der Waals surface area contributed by atoms with Crippen molar-refractivity contribution in [2.75, 3.05) is 0 Å². The first-order chi connectivity index (χ1) is 28.2. The first-order valence-electron chi connectivity index (χ1n) is 19.8. The maximum Gasteiger partial charge on any atom is 0.0541 e. The summed E-state index contributed by atoms with van der Waals surface area (Å²) in [5.41, 5.74) is 13.3. The van der Waals surface area contributed by atoms with Gasteiger partial charge < -0.3 is 9.13 Å². The molecule has 266 valence electrons. The molecular formula is C55H36N2. The molecule has 12 rings (SSSR count). The summed E-state index contributed by atoms with van der Waals surface area (Å²) in [6, 6.07) is 74.1. The van der Waals surface area contributed by atoms with Crippen LogP contribution < -0.4 is 0 Å². The maximum absolute atomic E-state index is 2.45. The minimum absolute atomic E-state index is 1.15. The van der Waals surface area contributed by atoms with Crippen molar-refractivity contribution in [2.45, 2.75) is 6.92 Å². The third-order valence-electron chi connectivity index (χ3n) is 12.1. The zero-order valence-corrected chi connectivity index (χ0v) is 31.4. The van der Waals surface area contributed by atoms with Crippen molar-refractivity contribution in [3.05, 3.63) is 206 Å². The van der Waals surface area contributed by atoms with E-state index in [9.17, 15) is 0 Å². The molecule has 0 unspecified atom stereocenters. The van der Waals surface area contributed by atoms with Gasteiger partial charge >= 0.3 is 0 Å². The lowest BCUT2D eigenvalue weighted by atomic mass is 9.84. The number of para-hydroxylation sites is 4. The Bertz CT molecular complexity index is 3490. The minimum atomic E-state index is 1.15. The SMILES string of the molecule is Cc1cccc(-c2c3cc(-n4c5ccccc5c5ccccc54)ccc3c(-c3cccc4ccccc34)c3cc(-n4c5ccccc5c5ccccc54)ccc23)c1. The molecule has 2 aromatic heterocycles. The molecule has 0 aliphatic rings. The average molecular weight is 725 g/mol. The summed E-state index contributed by atoms with van der Waals surface area (Å²) in [5.74, 6) is 0. The lowest BCUT2D eigenvalue weighted by Crippen LogP contribution is -1.98. The number of benzene rings is 10. The van der Waals surface area contributed by atoms with Gasteiger partial charge in [-0.3, -0.25) is 0 Å². The molecule has 0 fully saturated rings. The normalized spacial score (nSPS) is 11.9. The molecule has 57 heavy (non-hydrogen) atoms. The van der Waals surface area contributed by atoms with E-state index in [0.717, 1.165) is 11.4 Å². The van der Waals surface area contributed by atoms with E-state index in [-0.39, 0.29) is 0 Å². The Hall–Kier alpha value is -7.42. The van der Waals surface area contributed by atoms with E-state index in [4.69, 9.17) is 0 Å². The largest absolute Gasteiger partial charge is 0.309 e. The fourth-order valence-corrected chi connectivity index (χ4v) is 9.73. The van der Waals surface area contributed by atoms with Crippen molar-refractivity contribution in [1.29, 1.82) is 0 Å². The molecule has 0 saturated heterocycles. The summed E-state index contributed by atoms with van der Waals surface area (Å²) in [5, 5.41) is 12.5. The van der Waals surface area contributed by atoms with Gasteiger partial charge in [0.1, 0.15) is 0 Å². The fraction of sp³-hybridized carbons (Fsp3) is 0.0182. The molecule has 0 amide bonds. The van der Waals surface area contributed by atoms with Crippen LogP contribution in [0.15, 0.2) is 200 Å².